The first-order valence-corrected chi connectivity index (χ1v) is 12.2. The lowest BCUT2D eigenvalue weighted by molar-refractivity contribution is 0.0687. The topological polar surface area (TPSA) is 166 Å². The molecule has 4 aromatic carbocycles. The van der Waals surface area contributed by atoms with Crippen molar-refractivity contribution in [3.63, 3.8) is 0 Å². The van der Waals surface area contributed by atoms with Gasteiger partial charge in [-0.05, 0) is 72.8 Å². The van der Waals surface area contributed by atoms with Crippen molar-refractivity contribution in [3.05, 3.63) is 113 Å². The molecule has 0 unspecified atom stereocenters. The number of hydrogen-bond acceptors (Lipinski definition) is 5. The molecule has 0 heterocycles. The molecule has 0 saturated heterocycles. The lowest BCUT2D eigenvalue weighted by Gasteiger charge is -2.10. The van der Waals surface area contributed by atoms with Crippen molar-refractivity contribution < 1.29 is 34.1 Å². The van der Waals surface area contributed by atoms with Gasteiger partial charge in [-0.15, -0.1) is 0 Å². The lowest BCUT2D eigenvalue weighted by atomic mass is 10.2. The Balaban J connectivity index is 0.000000226. The van der Waals surface area contributed by atoms with Gasteiger partial charge in [0.1, 0.15) is 5.75 Å². The van der Waals surface area contributed by atoms with Crippen molar-refractivity contribution in [2.24, 2.45) is 0 Å². The molecule has 0 bridgehead atoms. The summed E-state index contributed by atoms with van der Waals surface area (Å²) in [6.07, 6.45) is 0. The van der Waals surface area contributed by atoms with E-state index in [9.17, 15) is 19.2 Å². The Morgan fingerprint density at radius 2 is 0.976 bits per heavy atom. The smallest absolute Gasteiger partial charge is 0.337 e. The molecule has 0 spiro atoms. The van der Waals surface area contributed by atoms with Gasteiger partial charge in [-0.1, -0.05) is 35.9 Å². The van der Waals surface area contributed by atoms with Crippen LogP contribution in [0.25, 0.3) is 0 Å². The predicted molar refractivity (Wildman–Crippen MR) is 157 cm³/mol. The number of carbonyl (C=O) groups is 4. The highest BCUT2D eigenvalue weighted by molar-refractivity contribution is 6.30. The number of hydrogen-bond donors (Lipinski definition) is 6. The van der Waals surface area contributed by atoms with Crippen LogP contribution in [0.2, 0.25) is 5.02 Å². The maximum atomic E-state index is 11.9. The minimum absolute atomic E-state index is 0.0266. The van der Waals surface area contributed by atoms with Crippen LogP contribution in [0.1, 0.15) is 20.7 Å². The number of methoxy groups -OCH3 is 1. The Morgan fingerprint density at radius 1 is 0.585 bits per heavy atom. The normalized spacial score (nSPS) is 9.80. The summed E-state index contributed by atoms with van der Waals surface area (Å²) in [7, 11) is 1.55. The average molecular weight is 577 g/mol. The number of rotatable bonds is 7. The van der Waals surface area contributed by atoms with Crippen LogP contribution in [-0.2, 0) is 0 Å². The minimum atomic E-state index is -1.10. The third-order valence-corrected chi connectivity index (χ3v) is 5.51. The molecule has 0 aliphatic rings. The van der Waals surface area contributed by atoms with Gasteiger partial charge in [-0.2, -0.15) is 0 Å². The summed E-state index contributed by atoms with van der Waals surface area (Å²) < 4.78 is 5.02. The number of halogens is 1. The standard InChI is InChI=1S/C15H14N2O4.C14H11ClN2O3/c1-21-11-8-6-10(7-9-11)16-15(20)17-13-5-3-2-4-12(13)14(18)19;15-9-5-7-10(8-6-9)16-14(20)17-12-4-2-1-3-11(12)13(18)19/h2-9H,1H3,(H,18,19)(H2,16,17,20);1-8H,(H,18,19)(H2,16,17,20). The fourth-order valence-electron chi connectivity index (χ4n) is 3.33. The molecule has 0 aliphatic heterocycles. The van der Waals surface area contributed by atoms with Crippen molar-refractivity contribution in [1.82, 2.24) is 0 Å². The van der Waals surface area contributed by atoms with E-state index in [0.29, 0.717) is 22.1 Å². The van der Waals surface area contributed by atoms with Crippen LogP contribution in [0.5, 0.6) is 5.75 Å². The van der Waals surface area contributed by atoms with Crippen LogP contribution in [0.3, 0.4) is 0 Å². The van der Waals surface area contributed by atoms with E-state index in [4.69, 9.17) is 26.6 Å². The number of carboxylic acids is 2. The summed E-state index contributed by atoms with van der Waals surface area (Å²) >= 11 is 5.74. The number of aromatic carboxylic acids is 2. The van der Waals surface area contributed by atoms with Gasteiger partial charge < -0.3 is 36.2 Å². The number of para-hydroxylation sites is 2. The molecular formula is C29H25ClN4O7. The van der Waals surface area contributed by atoms with Crippen LogP contribution in [0.15, 0.2) is 97.1 Å². The second-order valence-electron chi connectivity index (χ2n) is 8.10. The fraction of sp³-hybridized carbons (Fsp3) is 0.0345. The first-order valence-electron chi connectivity index (χ1n) is 11.9. The number of carbonyl (C=O) groups excluding carboxylic acids is 2. The van der Waals surface area contributed by atoms with E-state index in [1.54, 1.807) is 79.9 Å². The van der Waals surface area contributed by atoms with Crippen LogP contribution in [-0.4, -0.2) is 41.3 Å². The van der Waals surface area contributed by atoms with Crippen LogP contribution in [0.4, 0.5) is 32.3 Å². The Bertz CT molecular complexity index is 1530. The van der Waals surface area contributed by atoms with Crippen LogP contribution >= 0.6 is 11.6 Å². The third-order valence-electron chi connectivity index (χ3n) is 5.26. The molecule has 0 radical (unpaired) electrons. The average Bonchev–Trinajstić information content (AvgIpc) is 2.95. The third kappa shape index (κ3) is 9.30. The zero-order valence-electron chi connectivity index (χ0n) is 21.6. The Morgan fingerprint density at radius 3 is 1.37 bits per heavy atom. The number of nitrogens with one attached hydrogen (secondary N) is 4. The number of carboxylic acid groups (broad SMARTS) is 2. The van der Waals surface area contributed by atoms with Crippen molar-refractivity contribution in [2.75, 3.05) is 28.4 Å². The van der Waals surface area contributed by atoms with Gasteiger partial charge in [-0.25, -0.2) is 19.2 Å². The van der Waals surface area contributed by atoms with Gasteiger partial charge in [0.25, 0.3) is 0 Å². The second kappa shape index (κ2) is 14.6. The number of benzene rings is 4. The van der Waals surface area contributed by atoms with E-state index in [0.717, 1.165) is 0 Å². The molecule has 6 N–H and O–H groups in total. The fourth-order valence-corrected chi connectivity index (χ4v) is 3.46. The molecule has 4 aromatic rings. The maximum Gasteiger partial charge on any atom is 0.337 e. The molecule has 4 amide bonds. The van der Waals surface area contributed by atoms with E-state index in [1.165, 1.54) is 24.3 Å². The second-order valence-corrected chi connectivity index (χ2v) is 8.53. The molecule has 0 saturated carbocycles. The molecule has 0 aromatic heterocycles. The van der Waals surface area contributed by atoms with Gasteiger partial charge >= 0.3 is 24.0 Å². The maximum absolute atomic E-state index is 11.9. The highest BCUT2D eigenvalue weighted by atomic mass is 35.5. The zero-order chi connectivity index (χ0) is 29.8. The van der Waals surface area contributed by atoms with Crippen molar-refractivity contribution in [3.8, 4) is 5.75 Å². The number of amides is 4. The quantitative estimate of drug-likeness (QED) is 0.142. The molecule has 0 atom stereocenters. The number of anilines is 4. The highest BCUT2D eigenvalue weighted by Gasteiger charge is 2.12. The molecular weight excluding hydrogens is 552 g/mol. The van der Waals surface area contributed by atoms with E-state index in [2.05, 4.69) is 21.3 Å². The summed E-state index contributed by atoms with van der Waals surface area (Å²) in [5, 5.41) is 28.8. The van der Waals surface area contributed by atoms with Gasteiger partial charge in [0.15, 0.2) is 0 Å². The molecule has 12 heteroatoms. The van der Waals surface area contributed by atoms with Crippen molar-refractivity contribution in [2.45, 2.75) is 0 Å². The van der Waals surface area contributed by atoms with Gasteiger partial charge in [0.05, 0.1) is 29.6 Å². The van der Waals surface area contributed by atoms with E-state index < -0.39 is 24.0 Å². The molecule has 0 fully saturated rings. The predicted octanol–water partition coefficient (Wildman–Crippen LogP) is 6.72. The highest BCUT2D eigenvalue weighted by Crippen LogP contribution is 2.19. The van der Waals surface area contributed by atoms with Gasteiger partial charge in [-0.3, -0.25) is 0 Å². The largest absolute Gasteiger partial charge is 0.497 e. The Labute approximate surface area is 239 Å². The Kier molecular flexibility index (Phi) is 10.7. The molecule has 4 rings (SSSR count). The van der Waals surface area contributed by atoms with Gasteiger partial charge in [0.2, 0.25) is 0 Å². The monoisotopic (exact) mass is 576 g/mol. The lowest BCUT2D eigenvalue weighted by Crippen LogP contribution is -2.20. The van der Waals surface area contributed by atoms with Crippen molar-refractivity contribution in [1.29, 1.82) is 0 Å². The van der Waals surface area contributed by atoms with Gasteiger partial charge in [0, 0.05) is 16.4 Å². The minimum Gasteiger partial charge on any atom is -0.497 e. The summed E-state index contributed by atoms with van der Waals surface area (Å²) in [5.74, 6) is -1.53. The summed E-state index contributed by atoms with van der Waals surface area (Å²) in [5.41, 5.74) is 1.64. The van der Waals surface area contributed by atoms with E-state index in [1.807, 2.05) is 0 Å². The Hall–Kier alpha value is -5.55. The molecule has 11 nitrogen and oxygen atoms in total. The van der Waals surface area contributed by atoms with Crippen LogP contribution in [0, 0.1) is 0 Å². The summed E-state index contributed by atoms with van der Waals surface area (Å²) in [6, 6.07) is 24.7. The number of urea groups is 2. The first-order chi connectivity index (χ1) is 19.7. The first kappa shape index (κ1) is 30.0. The van der Waals surface area contributed by atoms with E-state index in [-0.39, 0.29) is 22.5 Å². The van der Waals surface area contributed by atoms with Crippen molar-refractivity contribution >= 4 is 58.4 Å². The van der Waals surface area contributed by atoms with E-state index >= 15 is 0 Å². The van der Waals surface area contributed by atoms with Crippen LogP contribution < -0.4 is 26.0 Å². The summed E-state index contributed by atoms with van der Waals surface area (Å²) in [6.45, 7) is 0. The molecule has 41 heavy (non-hydrogen) atoms. The SMILES string of the molecule is COc1ccc(NC(=O)Nc2ccccc2C(=O)O)cc1.O=C(Nc1ccc(Cl)cc1)Nc1ccccc1C(=O)O. The zero-order valence-corrected chi connectivity index (χ0v) is 22.3. The molecule has 210 valence electrons. The summed E-state index contributed by atoms with van der Waals surface area (Å²) in [4.78, 5) is 45.7. The number of ether oxygens (including phenoxy) is 1. The molecule has 0 aliphatic carbocycles.